The van der Waals surface area contributed by atoms with Crippen LogP contribution in [0, 0.1) is 22.7 Å². The van der Waals surface area contributed by atoms with Crippen molar-refractivity contribution in [2.75, 3.05) is 13.1 Å². The van der Waals surface area contributed by atoms with Crippen LogP contribution in [0.1, 0.15) is 53.4 Å². The van der Waals surface area contributed by atoms with Crippen LogP contribution >= 0.6 is 0 Å². The van der Waals surface area contributed by atoms with Crippen LogP contribution in [0.5, 0.6) is 0 Å². The van der Waals surface area contributed by atoms with Crippen molar-refractivity contribution in [2.45, 2.75) is 70.0 Å². The van der Waals surface area contributed by atoms with Crippen molar-refractivity contribution in [1.29, 1.82) is 10.5 Å². The molecule has 7 heteroatoms. The molecule has 2 aliphatic heterocycles. The Morgan fingerprint density at radius 2 is 1.50 bits per heavy atom. The molecule has 130 valence electrons. The molecule has 0 bridgehead atoms. The first kappa shape index (κ1) is 18.2. The highest BCUT2D eigenvalue weighted by Gasteiger charge is 2.60. The largest absolute Gasteiger partial charge is 0.325 e. The molecular weight excluding hydrogens is 306 g/mol. The highest BCUT2D eigenvalue weighted by atomic mass is 16.2. The molecule has 0 saturated carbocycles. The van der Waals surface area contributed by atoms with E-state index in [4.69, 9.17) is 10.5 Å². The first-order valence-electron chi connectivity index (χ1n) is 8.25. The maximum Gasteiger partial charge on any atom is 0.325 e. The first-order chi connectivity index (χ1) is 11.1. The molecule has 2 rings (SSSR count). The molecule has 2 heterocycles. The Balaban J connectivity index is 2.31. The molecule has 1 spiro atoms. The second-order valence-electron chi connectivity index (χ2n) is 7.92. The molecule has 0 aliphatic carbocycles. The summed E-state index contributed by atoms with van der Waals surface area (Å²) < 4.78 is 0. The zero-order chi connectivity index (χ0) is 18.2. The number of nitriles is 2. The van der Waals surface area contributed by atoms with Gasteiger partial charge in [-0.15, -0.1) is 0 Å². The quantitative estimate of drug-likeness (QED) is 0.791. The van der Waals surface area contributed by atoms with E-state index in [0.29, 0.717) is 25.8 Å². The average Bonchev–Trinajstić information content (AvgIpc) is 2.65. The molecule has 2 saturated heterocycles. The van der Waals surface area contributed by atoms with E-state index in [0.717, 1.165) is 0 Å². The predicted molar refractivity (Wildman–Crippen MR) is 87.5 cm³/mol. The number of hydrogen-bond acceptors (Lipinski definition) is 5. The van der Waals surface area contributed by atoms with Crippen LogP contribution in [0.3, 0.4) is 0 Å². The number of urea groups is 1. The van der Waals surface area contributed by atoms with Crippen LogP contribution in [0.15, 0.2) is 0 Å². The smallest absolute Gasteiger partial charge is 0.323 e. The van der Waals surface area contributed by atoms with E-state index >= 15 is 0 Å². The summed E-state index contributed by atoms with van der Waals surface area (Å²) in [6.07, 6.45) is 1.54. The minimum atomic E-state index is -0.928. The number of nitrogens with one attached hydrogen (secondary N) is 1. The Morgan fingerprint density at radius 3 is 2.00 bits per heavy atom. The second-order valence-corrected chi connectivity index (χ2v) is 7.92. The first-order valence-corrected chi connectivity index (χ1v) is 8.25. The monoisotopic (exact) mass is 331 g/mol. The third kappa shape index (κ3) is 2.97. The van der Waals surface area contributed by atoms with Gasteiger partial charge in [0.25, 0.3) is 5.91 Å². The number of carbonyl (C=O) groups excluding carboxylic acids is 2. The van der Waals surface area contributed by atoms with Gasteiger partial charge in [0.15, 0.2) is 0 Å². The van der Waals surface area contributed by atoms with Gasteiger partial charge in [-0.05, 0) is 40.5 Å². The molecule has 2 aliphatic rings. The van der Waals surface area contributed by atoms with Gasteiger partial charge in [-0.25, -0.2) is 4.79 Å². The van der Waals surface area contributed by atoms with Crippen molar-refractivity contribution in [3.05, 3.63) is 0 Å². The molecule has 0 aromatic heterocycles. The van der Waals surface area contributed by atoms with Crippen LogP contribution < -0.4 is 5.32 Å². The molecule has 3 amide bonds. The fourth-order valence-corrected chi connectivity index (χ4v) is 4.60. The van der Waals surface area contributed by atoms with Crippen molar-refractivity contribution < 1.29 is 9.59 Å². The normalized spacial score (nSPS) is 24.5. The van der Waals surface area contributed by atoms with E-state index < -0.39 is 11.6 Å². The van der Waals surface area contributed by atoms with Crippen molar-refractivity contribution in [2.24, 2.45) is 0 Å². The summed E-state index contributed by atoms with van der Waals surface area (Å²) in [5, 5.41) is 20.5. The van der Waals surface area contributed by atoms with Crippen LogP contribution in [0.25, 0.3) is 0 Å². The summed E-state index contributed by atoms with van der Waals surface area (Å²) in [5.74, 6) is -0.233. The highest BCUT2D eigenvalue weighted by Crippen LogP contribution is 2.45. The SMILES string of the molecule is CC1(C)CC2(CC(C)(C)N1CCC#N)NC(=O)N(CCC#N)C2=O. The van der Waals surface area contributed by atoms with Crippen molar-refractivity contribution in [1.82, 2.24) is 15.1 Å². The van der Waals surface area contributed by atoms with Crippen LogP contribution in [0.2, 0.25) is 0 Å². The molecule has 0 aromatic carbocycles. The number of hydrogen-bond donors (Lipinski definition) is 1. The Labute approximate surface area is 143 Å². The summed E-state index contributed by atoms with van der Waals surface area (Å²) in [4.78, 5) is 28.6. The van der Waals surface area contributed by atoms with Crippen LogP contribution in [-0.4, -0.2) is 51.4 Å². The van der Waals surface area contributed by atoms with E-state index in [1.165, 1.54) is 4.90 Å². The Bertz CT molecular complexity index is 608. The average molecular weight is 331 g/mol. The molecule has 1 N–H and O–H groups in total. The minimum Gasteiger partial charge on any atom is -0.323 e. The predicted octanol–water partition coefficient (Wildman–Crippen LogP) is 1.76. The lowest BCUT2D eigenvalue weighted by atomic mass is 9.69. The summed E-state index contributed by atoms with van der Waals surface area (Å²) >= 11 is 0. The van der Waals surface area contributed by atoms with E-state index in [2.05, 4.69) is 16.3 Å². The Kier molecular flexibility index (Phi) is 4.61. The van der Waals surface area contributed by atoms with Gasteiger partial charge < -0.3 is 5.32 Å². The molecule has 2 fully saturated rings. The van der Waals surface area contributed by atoms with Gasteiger partial charge >= 0.3 is 6.03 Å². The second kappa shape index (κ2) is 6.07. The number of rotatable bonds is 4. The highest BCUT2D eigenvalue weighted by molar-refractivity contribution is 6.07. The van der Waals surface area contributed by atoms with Crippen LogP contribution in [-0.2, 0) is 4.79 Å². The third-order valence-corrected chi connectivity index (χ3v) is 5.07. The molecule has 0 aromatic rings. The van der Waals surface area contributed by atoms with Crippen molar-refractivity contribution in [3.63, 3.8) is 0 Å². The number of carbonyl (C=O) groups is 2. The van der Waals surface area contributed by atoms with E-state index in [1.807, 2.05) is 33.8 Å². The van der Waals surface area contributed by atoms with Gasteiger partial charge in [-0.2, -0.15) is 10.5 Å². The summed E-state index contributed by atoms with van der Waals surface area (Å²) in [6.45, 7) is 8.94. The van der Waals surface area contributed by atoms with E-state index in [1.54, 1.807) is 0 Å². The molecule has 0 radical (unpaired) electrons. The van der Waals surface area contributed by atoms with Crippen molar-refractivity contribution in [3.8, 4) is 12.1 Å². The van der Waals surface area contributed by atoms with Crippen LogP contribution in [0.4, 0.5) is 4.79 Å². The topological polar surface area (TPSA) is 100 Å². The maximum atomic E-state index is 13.0. The standard InChI is InChI=1S/C17H25N5O2/c1-15(2)11-17(12-16(3,4)22(15)10-6-8-19)13(23)21(9-5-7-18)14(24)20-17/h5-6,9-12H2,1-4H3,(H,20,24). The maximum absolute atomic E-state index is 13.0. The number of piperidine rings is 1. The lowest BCUT2D eigenvalue weighted by Gasteiger charge is -2.57. The van der Waals surface area contributed by atoms with Gasteiger partial charge in [0.2, 0.25) is 0 Å². The lowest BCUT2D eigenvalue weighted by Crippen LogP contribution is -2.69. The molecule has 24 heavy (non-hydrogen) atoms. The molecular formula is C17H25N5O2. The zero-order valence-electron chi connectivity index (χ0n) is 14.8. The van der Waals surface area contributed by atoms with Crippen molar-refractivity contribution >= 4 is 11.9 Å². The van der Waals surface area contributed by atoms with E-state index in [9.17, 15) is 9.59 Å². The van der Waals surface area contributed by atoms with Gasteiger partial charge in [0.1, 0.15) is 5.54 Å². The number of nitrogens with zero attached hydrogens (tertiary/aromatic N) is 4. The summed E-state index contributed by atoms with van der Waals surface area (Å²) in [7, 11) is 0. The summed E-state index contributed by atoms with van der Waals surface area (Å²) in [5.41, 5.74) is -1.61. The fourth-order valence-electron chi connectivity index (χ4n) is 4.60. The van der Waals surface area contributed by atoms with Gasteiger partial charge in [-0.3, -0.25) is 14.6 Å². The zero-order valence-corrected chi connectivity index (χ0v) is 14.8. The van der Waals surface area contributed by atoms with Gasteiger partial charge in [-0.1, -0.05) is 0 Å². The minimum absolute atomic E-state index is 0.127. The number of amides is 3. The van der Waals surface area contributed by atoms with Gasteiger partial charge in [0.05, 0.1) is 18.6 Å². The lowest BCUT2D eigenvalue weighted by molar-refractivity contribution is -0.140. The fraction of sp³-hybridized carbons (Fsp3) is 0.765. The third-order valence-electron chi connectivity index (χ3n) is 5.07. The number of likely N-dealkylation sites (tertiary alicyclic amines) is 1. The molecule has 0 atom stereocenters. The molecule has 0 unspecified atom stereocenters. The number of imide groups is 1. The molecule has 7 nitrogen and oxygen atoms in total. The Hall–Kier alpha value is -2.12. The van der Waals surface area contributed by atoms with E-state index in [-0.39, 0.29) is 30.0 Å². The Morgan fingerprint density at radius 1 is 1.00 bits per heavy atom. The van der Waals surface area contributed by atoms with Gasteiger partial charge in [0, 0.05) is 30.6 Å². The summed E-state index contributed by atoms with van der Waals surface area (Å²) in [6, 6.07) is 3.75.